The van der Waals surface area contributed by atoms with Gasteiger partial charge in [-0.15, -0.1) is 0 Å². The van der Waals surface area contributed by atoms with Crippen LogP contribution in [0.3, 0.4) is 0 Å². The van der Waals surface area contributed by atoms with Crippen LogP contribution in [0.1, 0.15) is 18.5 Å². The number of likely N-dealkylation sites (tertiary alicyclic amines) is 1. The van der Waals surface area contributed by atoms with Gasteiger partial charge in [-0.05, 0) is 51.7 Å². The fourth-order valence-corrected chi connectivity index (χ4v) is 3.10. The smallest absolute Gasteiger partial charge is 0.137 e. The van der Waals surface area contributed by atoms with Gasteiger partial charge in [-0.25, -0.2) is 4.98 Å². The van der Waals surface area contributed by atoms with Crippen molar-refractivity contribution in [1.29, 1.82) is 0 Å². The van der Waals surface area contributed by atoms with E-state index in [9.17, 15) is 0 Å². The quantitative estimate of drug-likeness (QED) is 0.922. The lowest BCUT2D eigenvalue weighted by molar-refractivity contribution is 0.253. The molecule has 1 aliphatic heterocycles. The molecule has 0 amide bonds. The molecule has 0 aliphatic carbocycles. The molecule has 2 N–H and O–H groups in total. The number of pyridine rings is 1. The minimum absolute atomic E-state index is 0.630. The highest BCUT2D eigenvalue weighted by Gasteiger charge is 2.21. The lowest BCUT2D eigenvalue weighted by Gasteiger charge is -2.36. The third-order valence-corrected chi connectivity index (χ3v) is 4.53. The molecule has 5 nitrogen and oxygen atoms in total. The van der Waals surface area contributed by atoms with Gasteiger partial charge in [0.25, 0.3) is 0 Å². The summed E-state index contributed by atoms with van der Waals surface area (Å²) in [4.78, 5) is 9.40. The van der Waals surface area contributed by atoms with E-state index in [0.29, 0.717) is 12.6 Å². The number of imidazole rings is 1. The molecule has 21 heavy (non-hydrogen) atoms. The minimum Gasteiger partial charge on any atom is -0.370 e. The number of piperidine rings is 1. The summed E-state index contributed by atoms with van der Waals surface area (Å²) in [6, 6.07) is 4.90. The number of fused-ring (bicyclic) bond motifs is 1. The second-order valence-electron chi connectivity index (χ2n) is 6.07. The number of anilines is 1. The summed E-state index contributed by atoms with van der Waals surface area (Å²) in [6.07, 6.45) is 7.57. The van der Waals surface area contributed by atoms with Crippen molar-refractivity contribution in [3.8, 4) is 0 Å². The van der Waals surface area contributed by atoms with Crippen LogP contribution < -0.4 is 10.6 Å². The van der Waals surface area contributed by atoms with Crippen molar-refractivity contribution >= 4 is 11.3 Å². The molecule has 0 atom stereocenters. The van der Waals surface area contributed by atoms with Gasteiger partial charge in [-0.1, -0.05) is 0 Å². The van der Waals surface area contributed by atoms with E-state index in [1.54, 1.807) is 0 Å². The van der Waals surface area contributed by atoms with Crippen LogP contribution in [-0.2, 0) is 6.42 Å². The van der Waals surface area contributed by atoms with Crippen LogP contribution in [0.5, 0.6) is 0 Å². The summed E-state index contributed by atoms with van der Waals surface area (Å²) in [5, 5.41) is 0. The largest absolute Gasteiger partial charge is 0.370 e. The molecule has 0 unspecified atom stereocenters. The Balaban J connectivity index is 1.79. The van der Waals surface area contributed by atoms with Gasteiger partial charge in [0.2, 0.25) is 0 Å². The molecular formula is C16H25N5. The van der Waals surface area contributed by atoms with Gasteiger partial charge in [-0.2, -0.15) is 0 Å². The maximum atomic E-state index is 5.61. The Labute approximate surface area is 126 Å². The highest BCUT2D eigenvalue weighted by Crippen LogP contribution is 2.22. The van der Waals surface area contributed by atoms with Crippen molar-refractivity contribution in [2.75, 3.05) is 38.6 Å². The van der Waals surface area contributed by atoms with E-state index in [-0.39, 0.29) is 0 Å². The van der Waals surface area contributed by atoms with Crippen molar-refractivity contribution in [1.82, 2.24) is 14.3 Å². The standard InChI is InChI=1S/C16H25N5/c1-19-9-6-14(7-10-19)20(2)15-3-4-16-18-13(5-8-17)11-21(16)12-15/h3-4,11-12,14H,5-10,17H2,1-2H3. The Bertz CT molecular complexity index is 598. The number of nitrogens with two attached hydrogens (primary N) is 1. The number of nitrogens with zero attached hydrogens (tertiary/aromatic N) is 4. The maximum absolute atomic E-state index is 5.61. The fraction of sp³-hybridized carbons (Fsp3) is 0.562. The monoisotopic (exact) mass is 287 g/mol. The second-order valence-corrected chi connectivity index (χ2v) is 6.07. The zero-order valence-electron chi connectivity index (χ0n) is 13.0. The Morgan fingerprint density at radius 2 is 2.05 bits per heavy atom. The summed E-state index contributed by atoms with van der Waals surface area (Å²) >= 11 is 0. The zero-order chi connectivity index (χ0) is 14.8. The third-order valence-electron chi connectivity index (χ3n) is 4.53. The molecule has 2 aromatic rings. The summed E-state index contributed by atoms with van der Waals surface area (Å²) in [5.41, 5.74) is 8.93. The molecule has 1 fully saturated rings. The van der Waals surface area contributed by atoms with Crippen LogP contribution in [0, 0.1) is 0 Å². The molecule has 1 saturated heterocycles. The van der Waals surface area contributed by atoms with E-state index in [4.69, 9.17) is 5.73 Å². The number of aromatic nitrogens is 2. The van der Waals surface area contributed by atoms with Crippen molar-refractivity contribution in [3.63, 3.8) is 0 Å². The number of hydrogen-bond acceptors (Lipinski definition) is 4. The van der Waals surface area contributed by atoms with Crippen LogP contribution in [0.25, 0.3) is 5.65 Å². The SMILES string of the molecule is CN1CCC(N(C)c2ccc3nc(CCN)cn3c2)CC1. The van der Waals surface area contributed by atoms with E-state index in [2.05, 4.69) is 57.8 Å². The predicted molar refractivity (Wildman–Crippen MR) is 86.9 cm³/mol. The number of hydrogen-bond donors (Lipinski definition) is 1. The first-order chi connectivity index (χ1) is 10.2. The minimum atomic E-state index is 0.630. The van der Waals surface area contributed by atoms with Gasteiger partial charge >= 0.3 is 0 Å². The third kappa shape index (κ3) is 3.04. The van der Waals surface area contributed by atoms with E-state index in [1.807, 2.05) is 0 Å². The van der Waals surface area contributed by atoms with Gasteiger partial charge in [0, 0.05) is 31.9 Å². The van der Waals surface area contributed by atoms with Crippen LogP contribution in [-0.4, -0.2) is 54.1 Å². The first-order valence-corrected chi connectivity index (χ1v) is 7.76. The topological polar surface area (TPSA) is 49.8 Å². The highest BCUT2D eigenvalue weighted by molar-refractivity contribution is 5.52. The van der Waals surface area contributed by atoms with E-state index < -0.39 is 0 Å². The first kappa shape index (κ1) is 14.4. The lowest BCUT2D eigenvalue weighted by atomic mass is 10.0. The summed E-state index contributed by atoms with van der Waals surface area (Å²) in [6.45, 7) is 3.01. The van der Waals surface area contributed by atoms with Crippen molar-refractivity contribution in [2.45, 2.75) is 25.3 Å². The highest BCUT2D eigenvalue weighted by atomic mass is 15.2. The Hall–Kier alpha value is -1.59. The van der Waals surface area contributed by atoms with Crippen molar-refractivity contribution < 1.29 is 0 Å². The molecule has 3 heterocycles. The van der Waals surface area contributed by atoms with E-state index in [1.165, 1.54) is 31.6 Å². The van der Waals surface area contributed by atoms with Crippen molar-refractivity contribution in [2.24, 2.45) is 5.73 Å². The molecule has 2 aromatic heterocycles. The molecule has 1 aliphatic rings. The van der Waals surface area contributed by atoms with Crippen molar-refractivity contribution in [3.05, 3.63) is 30.2 Å². The van der Waals surface area contributed by atoms with Gasteiger partial charge in [0.15, 0.2) is 0 Å². The normalized spacial score (nSPS) is 17.5. The Morgan fingerprint density at radius 1 is 1.29 bits per heavy atom. The Morgan fingerprint density at radius 3 is 2.76 bits per heavy atom. The van der Waals surface area contributed by atoms with Crippen LogP contribution in [0.2, 0.25) is 0 Å². The predicted octanol–water partition coefficient (Wildman–Crippen LogP) is 1.37. The van der Waals surface area contributed by atoms with Crippen LogP contribution in [0.4, 0.5) is 5.69 Å². The van der Waals surface area contributed by atoms with Gasteiger partial charge in [0.1, 0.15) is 5.65 Å². The second kappa shape index (κ2) is 6.03. The van der Waals surface area contributed by atoms with E-state index >= 15 is 0 Å². The molecular weight excluding hydrogens is 262 g/mol. The molecule has 3 rings (SSSR count). The van der Waals surface area contributed by atoms with Gasteiger partial charge in [0.05, 0.1) is 11.4 Å². The first-order valence-electron chi connectivity index (χ1n) is 7.76. The summed E-state index contributed by atoms with van der Waals surface area (Å²) < 4.78 is 2.12. The maximum Gasteiger partial charge on any atom is 0.137 e. The molecule has 5 heteroatoms. The van der Waals surface area contributed by atoms with Crippen LogP contribution in [0.15, 0.2) is 24.5 Å². The molecule has 114 valence electrons. The van der Waals surface area contributed by atoms with Crippen LogP contribution >= 0.6 is 0 Å². The fourth-order valence-electron chi connectivity index (χ4n) is 3.10. The summed E-state index contributed by atoms with van der Waals surface area (Å²) in [5.74, 6) is 0. The summed E-state index contributed by atoms with van der Waals surface area (Å²) in [7, 11) is 4.40. The molecule has 0 spiro atoms. The molecule has 0 saturated carbocycles. The molecule has 0 bridgehead atoms. The average molecular weight is 287 g/mol. The molecule has 0 radical (unpaired) electrons. The zero-order valence-corrected chi connectivity index (χ0v) is 13.0. The van der Waals surface area contributed by atoms with Gasteiger partial charge in [-0.3, -0.25) is 0 Å². The average Bonchev–Trinajstić information content (AvgIpc) is 2.89. The van der Waals surface area contributed by atoms with E-state index in [0.717, 1.165) is 17.8 Å². The lowest BCUT2D eigenvalue weighted by Crippen LogP contribution is -2.42. The molecule has 0 aromatic carbocycles. The Kier molecular flexibility index (Phi) is 4.12. The van der Waals surface area contributed by atoms with Gasteiger partial charge < -0.3 is 19.9 Å². The number of rotatable bonds is 4.